The Bertz CT molecular complexity index is 993. The molecule has 8 nitrogen and oxygen atoms in total. The molecule has 168 valence electrons. The van der Waals surface area contributed by atoms with Crippen LogP contribution in [0.3, 0.4) is 0 Å². The lowest BCUT2D eigenvalue weighted by molar-refractivity contribution is 0.0937. The molecule has 0 unspecified atom stereocenters. The van der Waals surface area contributed by atoms with Gasteiger partial charge in [0.25, 0.3) is 5.91 Å². The molecular weight excluding hydrogens is 406 g/mol. The lowest BCUT2D eigenvalue weighted by Gasteiger charge is -2.33. The van der Waals surface area contributed by atoms with Gasteiger partial charge in [-0.2, -0.15) is 5.26 Å². The summed E-state index contributed by atoms with van der Waals surface area (Å²) in [7, 11) is 1.59. The molecule has 0 aliphatic carbocycles. The standard InChI is InChI=1S/C24H29N5O3/c1-17-8-11-29(12-9-17)22-7-6-20(15-21(22)23(30)26-10-13-32-2)28-24(31)27-19-5-3-4-18(14-19)16-25/h3-7,14-15,17H,8-13H2,1-2H3,(H,26,30)(H2,27,28,31). The number of piperidine rings is 1. The second-order valence-electron chi connectivity index (χ2n) is 7.92. The second-order valence-corrected chi connectivity index (χ2v) is 7.92. The van der Waals surface area contributed by atoms with Gasteiger partial charge in [-0.15, -0.1) is 0 Å². The third kappa shape index (κ3) is 6.22. The Labute approximate surface area is 188 Å². The highest BCUT2D eigenvalue weighted by Crippen LogP contribution is 2.29. The molecule has 8 heteroatoms. The number of nitrogens with one attached hydrogen (secondary N) is 3. The molecule has 1 fully saturated rings. The topological polar surface area (TPSA) is 106 Å². The Balaban J connectivity index is 1.77. The number of anilines is 3. The zero-order valence-electron chi connectivity index (χ0n) is 18.5. The average Bonchev–Trinajstić information content (AvgIpc) is 2.80. The van der Waals surface area contributed by atoms with E-state index < -0.39 is 6.03 Å². The van der Waals surface area contributed by atoms with Crippen LogP contribution >= 0.6 is 0 Å². The molecule has 0 bridgehead atoms. The molecule has 3 amide bonds. The number of nitriles is 1. The molecule has 0 spiro atoms. The lowest BCUT2D eigenvalue weighted by atomic mass is 9.98. The number of carbonyl (C=O) groups is 2. The van der Waals surface area contributed by atoms with Crippen molar-refractivity contribution in [2.75, 3.05) is 48.9 Å². The van der Waals surface area contributed by atoms with Crippen LogP contribution in [0.1, 0.15) is 35.7 Å². The van der Waals surface area contributed by atoms with Crippen molar-refractivity contribution < 1.29 is 14.3 Å². The van der Waals surface area contributed by atoms with E-state index in [1.54, 1.807) is 43.5 Å². The highest BCUT2D eigenvalue weighted by atomic mass is 16.5. The molecule has 0 radical (unpaired) electrons. The van der Waals surface area contributed by atoms with Gasteiger partial charge in [-0.1, -0.05) is 13.0 Å². The van der Waals surface area contributed by atoms with Crippen molar-refractivity contribution in [2.24, 2.45) is 5.92 Å². The maximum atomic E-state index is 12.9. The van der Waals surface area contributed by atoms with Gasteiger partial charge < -0.3 is 25.6 Å². The Morgan fingerprint density at radius 3 is 2.53 bits per heavy atom. The SMILES string of the molecule is COCCNC(=O)c1cc(NC(=O)Nc2cccc(C#N)c2)ccc1N1CCC(C)CC1. The average molecular weight is 436 g/mol. The second kappa shape index (κ2) is 11.2. The lowest BCUT2D eigenvalue weighted by Crippen LogP contribution is -2.35. The highest BCUT2D eigenvalue weighted by molar-refractivity contribution is 6.04. The molecule has 3 N–H and O–H groups in total. The quantitative estimate of drug-likeness (QED) is 0.574. The molecule has 1 aliphatic heterocycles. The van der Waals surface area contributed by atoms with Crippen LogP contribution in [0.5, 0.6) is 0 Å². The first kappa shape index (κ1) is 23.1. The van der Waals surface area contributed by atoms with Gasteiger partial charge in [0.05, 0.1) is 23.8 Å². The first-order chi connectivity index (χ1) is 15.5. The summed E-state index contributed by atoms with van der Waals surface area (Å²) in [5, 5.41) is 17.4. The summed E-state index contributed by atoms with van der Waals surface area (Å²) in [5.41, 5.74) is 2.85. The van der Waals surface area contributed by atoms with Gasteiger partial charge in [0.1, 0.15) is 0 Å². The number of urea groups is 1. The van der Waals surface area contributed by atoms with Gasteiger partial charge in [-0.25, -0.2) is 4.79 Å². The minimum absolute atomic E-state index is 0.207. The predicted molar refractivity (Wildman–Crippen MR) is 125 cm³/mol. The zero-order valence-corrected chi connectivity index (χ0v) is 18.5. The highest BCUT2D eigenvalue weighted by Gasteiger charge is 2.22. The number of hydrogen-bond donors (Lipinski definition) is 3. The fraction of sp³-hybridized carbons (Fsp3) is 0.375. The predicted octanol–water partition coefficient (Wildman–Crippen LogP) is 3.81. The molecule has 0 aromatic heterocycles. The summed E-state index contributed by atoms with van der Waals surface area (Å²) >= 11 is 0. The summed E-state index contributed by atoms with van der Waals surface area (Å²) in [5.74, 6) is 0.468. The van der Waals surface area contributed by atoms with Crippen molar-refractivity contribution in [2.45, 2.75) is 19.8 Å². The maximum absolute atomic E-state index is 12.9. The monoisotopic (exact) mass is 435 g/mol. The molecule has 1 aliphatic rings. The van der Waals surface area contributed by atoms with E-state index in [2.05, 4.69) is 27.8 Å². The van der Waals surface area contributed by atoms with Crippen LogP contribution in [0.2, 0.25) is 0 Å². The molecule has 2 aromatic rings. The summed E-state index contributed by atoms with van der Waals surface area (Å²) in [6, 6.07) is 13.6. The molecule has 1 heterocycles. The number of methoxy groups -OCH3 is 1. The van der Waals surface area contributed by atoms with Gasteiger partial charge in [0.15, 0.2) is 0 Å². The van der Waals surface area contributed by atoms with E-state index in [0.717, 1.165) is 31.6 Å². The van der Waals surface area contributed by atoms with Crippen molar-refractivity contribution in [3.05, 3.63) is 53.6 Å². The fourth-order valence-electron chi connectivity index (χ4n) is 3.64. The number of nitrogens with zero attached hydrogens (tertiary/aromatic N) is 2. The zero-order chi connectivity index (χ0) is 22.9. The van der Waals surface area contributed by atoms with Crippen LogP contribution in [-0.2, 0) is 4.74 Å². The summed E-state index contributed by atoms with van der Waals surface area (Å²) < 4.78 is 5.03. The third-order valence-corrected chi connectivity index (χ3v) is 5.46. The molecule has 32 heavy (non-hydrogen) atoms. The first-order valence-electron chi connectivity index (χ1n) is 10.7. The van der Waals surface area contributed by atoms with Gasteiger partial charge in [0, 0.05) is 43.8 Å². The van der Waals surface area contributed by atoms with Crippen LogP contribution in [0.25, 0.3) is 0 Å². The number of amides is 3. The molecule has 0 saturated carbocycles. The normalized spacial score (nSPS) is 13.8. The maximum Gasteiger partial charge on any atom is 0.323 e. The third-order valence-electron chi connectivity index (χ3n) is 5.46. The minimum atomic E-state index is -0.453. The number of benzene rings is 2. The molecule has 1 saturated heterocycles. The van der Waals surface area contributed by atoms with E-state index in [-0.39, 0.29) is 5.91 Å². The minimum Gasteiger partial charge on any atom is -0.383 e. The fourth-order valence-corrected chi connectivity index (χ4v) is 3.64. The smallest absolute Gasteiger partial charge is 0.323 e. The van der Waals surface area contributed by atoms with E-state index >= 15 is 0 Å². The van der Waals surface area contributed by atoms with Crippen molar-refractivity contribution in [3.63, 3.8) is 0 Å². The van der Waals surface area contributed by atoms with Crippen molar-refractivity contribution >= 4 is 29.0 Å². The van der Waals surface area contributed by atoms with E-state index in [4.69, 9.17) is 10.00 Å². The van der Waals surface area contributed by atoms with Crippen LogP contribution < -0.4 is 20.9 Å². The summed E-state index contributed by atoms with van der Waals surface area (Å²) in [6.07, 6.45) is 2.16. The molecule has 3 rings (SSSR count). The van der Waals surface area contributed by atoms with E-state index in [1.807, 2.05) is 12.1 Å². The molecule has 0 atom stereocenters. The Morgan fingerprint density at radius 1 is 1.12 bits per heavy atom. The van der Waals surface area contributed by atoms with E-state index in [0.29, 0.717) is 41.6 Å². The van der Waals surface area contributed by atoms with E-state index in [9.17, 15) is 9.59 Å². The number of hydrogen-bond acceptors (Lipinski definition) is 5. The molecule has 2 aromatic carbocycles. The number of rotatable bonds is 7. The first-order valence-corrected chi connectivity index (χ1v) is 10.7. The van der Waals surface area contributed by atoms with Crippen molar-refractivity contribution in [1.29, 1.82) is 5.26 Å². The van der Waals surface area contributed by atoms with Gasteiger partial charge in [-0.3, -0.25) is 4.79 Å². The number of carbonyl (C=O) groups excluding carboxylic acids is 2. The van der Waals surface area contributed by atoms with Crippen LogP contribution in [0.4, 0.5) is 21.9 Å². The van der Waals surface area contributed by atoms with Gasteiger partial charge >= 0.3 is 6.03 Å². The summed E-state index contributed by atoms with van der Waals surface area (Å²) in [4.78, 5) is 27.6. The van der Waals surface area contributed by atoms with E-state index in [1.165, 1.54) is 0 Å². The van der Waals surface area contributed by atoms with Gasteiger partial charge in [0.2, 0.25) is 0 Å². The van der Waals surface area contributed by atoms with Crippen LogP contribution in [-0.4, -0.2) is 45.3 Å². The largest absolute Gasteiger partial charge is 0.383 e. The van der Waals surface area contributed by atoms with Crippen molar-refractivity contribution in [3.8, 4) is 6.07 Å². The van der Waals surface area contributed by atoms with Crippen LogP contribution in [0.15, 0.2) is 42.5 Å². The van der Waals surface area contributed by atoms with Gasteiger partial charge in [-0.05, 0) is 55.2 Å². The summed E-state index contributed by atoms with van der Waals surface area (Å²) in [6.45, 7) is 4.85. The Kier molecular flexibility index (Phi) is 8.06. The Hall–Kier alpha value is -3.57. The Morgan fingerprint density at radius 2 is 1.84 bits per heavy atom. The molecular formula is C24H29N5O3. The van der Waals surface area contributed by atoms with Crippen LogP contribution in [0, 0.1) is 17.2 Å². The number of ether oxygens (including phenoxy) is 1. The van der Waals surface area contributed by atoms with Crippen molar-refractivity contribution in [1.82, 2.24) is 5.32 Å².